The summed E-state index contributed by atoms with van der Waals surface area (Å²) < 4.78 is 21.7. The van der Waals surface area contributed by atoms with Crippen LogP contribution in [0.4, 0.5) is 0 Å². The van der Waals surface area contributed by atoms with E-state index >= 15 is 0 Å². The van der Waals surface area contributed by atoms with Crippen molar-refractivity contribution in [1.82, 2.24) is 4.90 Å². The van der Waals surface area contributed by atoms with Crippen molar-refractivity contribution in [2.45, 2.75) is 6.54 Å². The van der Waals surface area contributed by atoms with Gasteiger partial charge in [0.2, 0.25) is 12.7 Å². The minimum absolute atomic E-state index is 0.0856. The Bertz CT molecular complexity index is 861. The quantitative estimate of drug-likeness (QED) is 0.791. The maximum atomic E-state index is 12.4. The molecule has 26 heavy (non-hydrogen) atoms. The third-order valence-electron chi connectivity index (χ3n) is 4.22. The highest BCUT2D eigenvalue weighted by molar-refractivity contribution is 5.91. The normalized spacial score (nSPS) is 14.5. The van der Waals surface area contributed by atoms with Gasteiger partial charge in [-0.1, -0.05) is 12.1 Å². The molecule has 0 aliphatic carbocycles. The lowest BCUT2D eigenvalue weighted by Gasteiger charge is -2.20. The van der Waals surface area contributed by atoms with Gasteiger partial charge in [-0.25, -0.2) is 0 Å². The van der Waals surface area contributed by atoms with E-state index in [0.717, 1.165) is 28.4 Å². The van der Waals surface area contributed by atoms with Crippen molar-refractivity contribution < 1.29 is 23.7 Å². The lowest BCUT2D eigenvalue weighted by molar-refractivity contribution is -0.125. The summed E-state index contributed by atoms with van der Waals surface area (Å²) in [4.78, 5) is 14.0. The predicted octanol–water partition coefficient (Wildman–Crippen LogP) is 2.86. The number of ether oxygens (including phenoxy) is 4. The molecule has 0 saturated carbocycles. The smallest absolute Gasteiger partial charge is 0.246 e. The molecule has 0 unspecified atom stereocenters. The van der Waals surface area contributed by atoms with Gasteiger partial charge in [0.25, 0.3) is 0 Å². The van der Waals surface area contributed by atoms with E-state index in [1.54, 1.807) is 24.1 Å². The molecule has 0 spiro atoms. The highest BCUT2D eigenvalue weighted by atomic mass is 16.7. The minimum Gasteiger partial charge on any atom is -0.486 e. The van der Waals surface area contributed by atoms with E-state index in [9.17, 15) is 4.79 Å². The van der Waals surface area contributed by atoms with Gasteiger partial charge in [-0.3, -0.25) is 4.79 Å². The van der Waals surface area contributed by atoms with Crippen molar-refractivity contribution in [1.29, 1.82) is 0 Å². The lowest BCUT2D eigenvalue weighted by atomic mass is 10.1. The van der Waals surface area contributed by atoms with Crippen LogP contribution in [0.2, 0.25) is 0 Å². The fraction of sp³-hybridized carbons (Fsp3) is 0.250. The number of hydrogen-bond acceptors (Lipinski definition) is 5. The number of hydrogen-bond donors (Lipinski definition) is 0. The van der Waals surface area contributed by atoms with Gasteiger partial charge in [0.15, 0.2) is 23.0 Å². The van der Waals surface area contributed by atoms with Crippen LogP contribution in [0.25, 0.3) is 6.08 Å². The molecule has 0 N–H and O–H groups in total. The molecule has 0 saturated heterocycles. The average Bonchev–Trinajstić information content (AvgIpc) is 3.13. The average molecular weight is 353 g/mol. The van der Waals surface area contributed by atoms with Gasteiger partial charge in [0.05, 0.1) is 0 Å². The summed E-state index contributed by atoms with van der Waals surface area (Å²) >= 11 is 0. The third kappa shape index (κ3) is 3.44. The van der Waals surface area contributed by atoms with E-state index in [2.05, 4.69) is 0 Å². The second kappa shape index (κ2) is 7.00. The zero-order valence-electron chi connectivity index (χ0n) is 14.4. The first-order valence-electron chi connectivity index (χ1n) is 8.40. The molecule has 2 aliphatic rings. The van der Waals surface area contributed by atoms with Crippen molar-refractivity contribution in [3.8, 4) is 23.0 Å². The number of amides is 1. The van der Waals surface area contributed by atoms with Crippen LogP contribution in [0.5, 0.6) is 23.0 Å². The number of likely N-dealkylation sites (N-methyl/N-ethyl adjacent to an activating group) is 1. The van der Waals surface area contributed by atoms with E-state index in [4.69, 9.17) is 18.9 Å². The van der Waals surface area contributed by atoms with Crippen LogP contribution in [0.1, 0.15) is 11.1 Å². The summed E-state index contributed by atoms with van der Waals surface area (Å²) in [5.41, 5.74) is 1.87. The fourth-order valence-electron chi connectivity index (χ4n) is 2.85. The molecule has 0 radical (unpaired) electrons. The number of nitrogens with zero attached hydrogens (tertiary/aromatic N) is 1. The molecular weight excluding hydrogens is 334 g/mol. The van der Waals surface area contributed by atoms with Crippen molar-refractivity contribution in [2.75, 3.05) is 27.1 Å². The van der Waals surface area contributed by atoms with Crippen LogP contribution in [0.15, 0.2) is 42.5 Å². The Labute approximate surface area is 151 Å². The standard InChI is InChI=1S/C20H19NO5/c1-21(12-15-3-6-16-18(11-15)24-9-8-23-16)20(22)7-4-14-2-5-17-19(10-14)26-13-25-17/h2-7,10-11H,8-9,12-13H2,1H3/b7-4+. The Balaban J connectivity index is 1.40. The van der Waals surface area contributed by atoms with Gasteiger partial charge in [0, 0.05) is 19.7 Å². The number of rotatable bonds is 4. The van der Waals surface area contributed by atoms with Crippen molar-refractivity contribution >= 4 is 12.0 Å². The minimum atomic E-state index is -0.0856. The van der Waals surface area contributed by atoms with Crippen LogP contribution in [0.3, 0.4) is 0 Å². The third-order valence-corrected chi connectivity index (χ3v) is 4.22. The molecule has 6 heteroatoms. The Morgan fingerprint density at radius 1 is 0.962 bits per heavy atom. The first kappa shape index (κ1) is 16.3. The van der Waals surface area contributed by atoms with Gasteiger partial charge in [-0.2, -0.15) is 0 Å². The zero-order valence-corrected chi connectivity index (χ0v) is 14.4. The molecular formula is C20H19NO5. The summed E-state index contributed by atoms with van der Waals surface area (Å²) in [7, 11) is 1.77. The molecule has 0 bridgehead atoms. The maximum Gasteiger partial charge on any atom is 0.246 e. The molecule has 134 valence electrons. The second-order valence-corrected chi connectivity index (χ2v) is 6.12. The molecule has 2 aromatic carbocycles. The SMILES string of the molecule is CN(Cc1ccc2c(c1)OCCO2)C(=O)/C=C/c1ccc2c(c1)OCO2. The maximum absolute atomic E-state index is 12.4. The molecule has 0 aromatic heterocycles. The Hall–Kier alpha value is -3.15. The summed E-state index contributed by atoms with van der Waals surface area (Å²) in [5, 5.41) is 0. The number of carbonyl (C=O) groups excluding carboxylic acids is 1. The topological polar surface area (TPSA) is 57.2 Å². The zero-order chi connectivity index (χ0) is 17.9. The molecule has 2 aliphatic heterocycles. The molecule has 2 aromatic rings. The summed E-state index contributed by atoms with van der Waals surface area (Å²) in [6, 6.07) is 11.3. The monoisotopic (exact) mass is 353 g/mol. The highest BCUT2D eigenvalue weighted by Gasteiger charge is 2.14. The molecule has 2 heterocycles. The highest BCUT2D eigenvalue weighted by Crippen LogP contribution is 2.33. The first-order chi connectivity index (χ1) is 12.7. The van der Waals surface area contributed by atoms with Gasteiger partial charge in [-0.05, 0) is 41.5 Å². The number of carbonyl (C=O) groups is 1. The molecule has 1 amide bonds. The van der Waals surface area contributed by atoms with Crippen molar-refractivity contribution in [3.63, 3.8) is 0 Å². The predicted molar refractivity (Wildman–Crippen MR) is 95.5 cm³/mol. The van der Waals surface area contributed by atoms with Gasteiger partial charge >= 0.3 is 0 Å². The van der Waals surface area contributed by atoms with Crippen molar-refractivity contribution in [2.24, 2.45) is 0 Å². The molecule has 0 atom stereocenters. The van der Waals surface area contributed by atoms with E-state index in [0.29, 0.717) is 25.5 Å². The van der Waals surface area contributed by atoms with E-state index in [1.807, 2.05) is 36.4 Å². The Kier molecular flexibility index (Phi) is 4.39. The number of benzene rings is 2. The van der Waals surface area contributed by atoms with Crippen molar-refractivity contribution in [3.05, 3.63) is 53.6 Å². The fourth-order valence-corrected chi connectivity index (χ4v) is 2.85. The van der Waals surface area contributed by atoms with Gasteiger partial charge < -0.3 is 23.8 Å². The van der Waals surface area contributed by atoms with E-state index in [-0.39, 0.29) is 12.7 Å². The van der Waals surface area contributed by atoms with E-state index in [1.165, 1.54) is 0 Å². The van der Waals surface area contributed by atoms with Crippen LogP contribution in [-0.2, 0) is 11.3 Å². The first-order valence-corrected chi connectivity index (χ1v) is 8.40. The molecule has 0 fully saturated rings. The Morgan fingerprint density at radius 2 is 1.65 bits per heavy atom. The Morgan fingerprint density at radius 3 is 2.54 bits per heavy atom. The number of fused-ring (bicyclic) bond motifs is 2. The second-order valence-electron chi connectivity index (χ2n) is 6.12. The van der Waals surface area contributed by atoms with Crippen LogP contribution in [-0.4, -0.2) is 37.9 Å². The van der Waals surface area contributed by atoms with Crippen LogP contribution in [0, 0.1) is 0 Å². The van der Waals surface area contributed by atoms with Gasteiger partial charge in [-0.15, -0.1) is 0 Å². The summed E-state index contributed by atoms with van der Waals surface area (Å²) in [6.45, 7) is 1.83. The lowest BCUT2D eigenvalue weighted by Crippen LogP contribution is -2.24. The van der Waals surface area contributed by atoms with Crippen LogP contribution >= 0.6 is 0 Å². The summed E-state index contributed by atoms with van der Waals surface area (Å²) in [6.07, 6.45) is 3.32. The van der Waals surface area contributed by atoms with Gasteiger partial charge in [0.1, 0.15) is 13.2 Å². The van der Waals surface area contributed by atoms with Crippen LogP contribution < -0.4 is 18.9 Å². The summed E-state index contributed by atoms with van der Waals surface area (Å²) in [5.74, 6) is 2.81. The molecule has 6 nitrogen and oxygen atoms in total. The molecule has 4 rings (SSSR count). The van der Waals surface area contributed by atoms with E-state index < -0.39 is 0 Å². The largest absolute Gasteiger partial charge is 0.486 e.